The molecule has 1 heterocycles. The SMILES string of the molecule is CC(C)N(CCNc1sc(C#N)c(N)c1C#N)C(C)C. The quantitative estimate of drug-likeness (QED) is 0.841. The van der Waals surface area contributed by atoms with E-state index in [0.717, 1.165) is 13.1 Å². The topological polar surface area (TPSA) is 88.9 Å². The largest absolute Gasteiger partial charge is 0.396 e. The predicted molar refractivity (Wildman–Crippen MR) is 83.6 cm³/mol. The number of nitriles is 2. The number of nitrogens with one attached hydrogen (secondary N) is 1. The molecular weight excluding hydrogens is 270 g/mol. The molecule has 0 aromatic carbocycles. The van der Waals surface area contributed by atoms with Gasteiger partial charge in [-0.3, -0.25) is 4.90 Å². The Morgan fingerprint density at radius 1 is 1.20 bits per heavy atom. The van der Waals surface area contributed by atoms with Crippen molar-refractivity contribution in [2.45, 2.75) is 39.8 Å². The maximum absolute atomic E-state index is 9.11. The Morgan fingerprint density at radius 3 is 2.25 bits per heavy atom. The summed E-state index contributed by atoms with van der Waals surface area (Å²) in [4.78, 5) is 2.76. The van der Waals surface area contributed by atoms with E-state index in [1.165, 1.54) is 11.3 Å². The fourth-order valence-corrected chi connectivity index (χ4v) is 3.07. The lowest BCUT2D eigenvalue weighted by atomic mass is 10.2. The minimum atomic E-state index is 0.284. The van der Waals surface area contributed by atoms with Gasteiger partial charge in [0, 0.05) is 25.2 Å². The van der Waals surface area contributed by atoms with Crippen LogP contribution in [0, 0.1) is 22.7 Å². The van der Waals surface area contributed by atoms with Crippen LogP contribution in [0.4, 0.5) is 10.7 Å². The second-order valence-electron chi connectivity index (χ2n) is 5.12. The van der Waals surface area contributed by atoms with Crippen LogP contribution in [0.1, 0.15) is 38.1 Å². The lowest BCUT2D eigenvalue weighted by Gasteiger charge is -2.30. The smallest absolute Gasteiger partial charge is 0.131 e. The Labute approximate surface area is 124 Å². The Morgan fingerprint density at radius 2 is 1.80 bits per heavy atom. The molecule has 5 nitrogen and oxygen atoms in total. The zero-order chi connectivity index (χ0) is 15.3. The summed E-state index contributed by atoms with van der Waals surface area (Å²) in [5, 5.41) is 22.0. The van der Waals surface area contributed by atoms with Gasteiger partial charge in [-0.25, -0.2) is 0 Å². The molecule has 3 N–H and O–H groups in total. The number of thiophene rings is 1. The van der Waals surface area contributed by atoms with Crippen molar-refractivity contribution in [1.29, 1.82) is 10.5 Å². The van der Waals surface area contributed by atoms with Gasteiger partial charge in [-0.1, -0.05) is 0 Å². The highest BCUT2D eigenvalue weighted by Gasteiger charge is 2.16. The highest BCUT2D eigenvalue weighted by Crippen LogP contribution is 2.34. The van der Waals surface area contributed by atoms with Crippen molar-refractivity contribution in [3.63, 3.8) is 0 Å². The first-order valence-electron chi connectivity index (χ1n) is 6.64. The molecule has 0 bridgehead atoms. The van der Waals surface area contributed by atoms with Gasteiger partial charge in [0.05, 0.1) is 5.69 Å². The van der Waals surface area contributed by atoms with Crippen molar-refractivity contribution < 1.29 is 0 Å². The van der Waals surface area contributed by atoms with Crippen molar-refractivity contribution in [2.75, 3.05) is 24.1 Å². The zero-order valence-corrected chi connectivity index (χ0v) is 13.2. The molecule has 0 saturated carbocycles. The van der Waals surface area contributed by atoms with Crippen LogP contribution in [0.3, 0.4) is 0 Å². The number of anilines is 2. The van der Waals surface area contributed by atoms with Crippen molar-refractivity contribution in [1.82, 2.24) is 4.90 Å². The average molecular weight is 291 g/mol. The maximum Gasteiger partial charge on any atom is 0.131 e. The van der Waals surface area contributed by atoms with Gasteiger partial charge in [-0.2, -0.15) is 10.5 Å². The van der Waals surface area contributed by atoms with Gasteiger partial charge in [0.1, 0.15) is 27.6 Å². The van der Waals surface area contributed by atoms with E-state index in [9.17, 15) is 0 Å². The Kier molecular flexibility index (Phi) is 5.82. The van der Waals surface area contributed by atoms with Crippen molar-refractivity contribution >= 4 is 22.0 Å². The summed E-state index contributed by atoms with van der Waals surface area (Å²) >= 11 is 1.24. The van der Waals surface area contributed by atoms with Crippen LogP contribution in [0.5, 0.6) is 0 Å². The zero-order valence-electron chi connectivity index (χ0n) is 12.4. The third-order valence-electron chi connectivity index (χ3n) is 3.14. The van der Waals surface area contributed by atoms with Gasteiger partial charge in [0.25, 0.3) is 0 Å². The maximum atomic E-state index is 9.11. The van der Waals surface area contributed by atoms with Crippen LogP contribution in [0.25, 0.3) is 0 Å². The van der Waals surface area contributed by atoms with E-state index in [0.29, 0.717) is 27.5 Å². The molecule has 1 aromatic heterocycles. The van der Waals surface area contributed by atoms with Gasteiger partial charge in [-0.15, -0.1) is 11.3 Å². The molecule has 0 aliphatic heterocycles. The van der Waals surface area contributed by atoms with E-state index in [-0.39, 0.29) is 5.69 Å². The molecule has 1 aromatic rings. The molecule has 0 aliphatic rings. The van der Waals surface area contributed by atoms with Gasteiger partial charge in [-0.05, 0) is 27.7 Å². The van der Waals surface area contributed by atoms with Gasteiger partial charge < -0.3 is 11.1 Å². The van der Waals surface area contributed by atoms with Gasteiger partial charge in [0.2, 0.25) is 0 Å². The number of rotatable bonds is 6. The molecule has 0 atom stereocenters. The molecular formula is C14H21N5S. The molecule has 0 aliphatic carbocycles. The second kappa shape index (κ2) is 7.14. The van der Waals surface area contributed by atoms with Gasteiger partial charge >= 0.3 is 0 Å². The molecule has 6 heteroatoms. The van der Waals surface area contributed by atoms with Crippen LogP contribution in [0.2, 0.25) is 0 Å². The Balaban J connectivity index is 2.72. The lowest BCUT2D eigenvalue weighted by Crippen LogP contribution is -2.40. The minimum absolute atomic E-state index is 0.284. The van der Waals surface area contributed by atoms with E-state index in [1.54, 1.807) is 0 Å². The number of nitrogens with two attached hydrogens (primary N) is 1. The molecule has 108 valence electrons. The van der Waals surface area contributed by atoms with Crippen molar-refractivity contribution in [3.05, 3.63) is 10.4 Å². The van der Waals surface area contributed by atoms with Gasteiger partial charge in [0.15, 0.2) is 0 Å². The predicted octanol–water partition coefficient (Wildman–Crippen LogP) is 2.60. The minimum Gasteiger partial charge on any atom is -0.396 e. The monoisotopic (exact) mass is 291 g/mol. The summed E-state index contributed by atoms with van der Waals surface area (Å²) in [6, 6.07) is 5.01. The van der Waals surface area contributed by atoms with E-state index in [1.807, 2.05) is 6.07 Å². The standard InChI is InChI=1S/C14H21N5S/c1-9(2)19(10(3)4)6-5-18-14-11(7-15)13(17)12(8-16)20-14/h9-10,18H,5-6,17H2,1-4H3. The molecule has 0 unspecified atom stereocenters. The number of nitrogens with zero attached hydrogens (tertiary/aromatic N) is 3. The fourth-order valence-electron chi connectivity index (χ4n) is 2.17. The molecule has 20 heavy (non-hydrogen) atoms. The van der Waals surface area contributed by atoms with Crippen molar-refractivity contribution in [2.24, 2.45) is 0 Å². The lowest BCUT2D eigenvalue weighted by molar-refractivity contribution is 0.182. The summed E-state index contributed by atoms with van der Waals surface area (Å²) in [6.07, 6.45) is 0. The average Bonchev–Trinajstić information content (AvgIpc) is 2.69. The van der Waals surface area contributed by atoms with Crippen LogP contribution in [0.15, 0.2) is 0 Å². The molecule has 0 amide bonds. The molecule has 1 rings (SSSR count). The Bertz CT molecular complexity index is 525. The number of hydrogen-bond acceptors (Lipinski definition) is 6. The van der Waals surface area contributed by atoms with E-state index >= 15 is 0 Å². The van der Waals surface area contributed by atoms with Crippen molar-refractivity contribution in [3.8, 4) is 12.1 Å². The summed E-state index contributed by atoms with van der Waals surface area (Å²) in [7, 11) is 0. The van der Waals surface area contributed by atoms with Crippen LogP contribution in [-0.2, 0) is 0 Å². The van der Waals surface area contributed by atoms with Crippen LogP contribution in [-0.4, -0.2) is 30.1 Å². The molecule has 0 radical (unpaired) electrons. The first-order valence-corrected chi connectivity index (χ1v) is 7.46. The normalized spacial score (nSPS) is 10.8. The van der Waals surface area contributed by atoms with Crippen LogP contribution >= 0.6 is 11.3 Å². The number of hydrogen-bond donors (Lipinski definition) is 2. The summed E-state index contributed by atoms with van der Waals surface area (Å²) in [6.45, 7) is 10.3. The summed E-state index contributed by atoms with van der Waals surface area (Å²) in [5.41, 5.74) is 6.43. The molecule has 0 saturated heterocycles. The molecule has 0 fully saturated rings. The first-order chi connectivity index (χ1) is 9.42. The highest BCUT2D eigenvalue weighted by atomic mass is 32.1. The van der Waals surface area contributed by atoms with E-state index < -0.39 is 0 Å². The van der Waals surface area contributed by atoms with Crippen LogP contribution < -0.4 is 11.1 Å². The Hall–Kier alpha value is -1.76. The molecule has 0 spiro atoms. The van der Waals surface area contributed by atoms with E-state index in [2.05, 4.69) is 44.0 Å². The first kappa shape index (κ1) is 16.3. The second-order valence-corrected chi connectivity index (χ2v) is 6.15. The van der Waals surface area contributed by atoms with E-state index in [4.69, 9.17) is 16.3 Å². The third-order valence-corrected chi connectivity index (χ3v) is 4.21. The fraction of sp³-hybridized carbons (Fsp3) is 0.571. The summed E-state index contributed by atoms with van der Waals surface area (Å²) < 4.78 is 0. The third kappa shape index (κ3) is 3.63. The highest BCUT2D eigenvalue weighted by molar-refractivity contribution is 7.17. The summed E-state index contributed by atoms with van der Waals surface area (Å²) in [5.74, 6) is 0. The number of nitrogen functional groups attached to an aromatic ring is 1.